The molecule has 0 fully saturated rings. The van der Waals surface area contributed by atoms with Gasteiger partial charge >= 0.3 is 5.97 Å². The molecule has 0 aliphatic carbocycles. The first-order valence-electron chi connectivity index (χ1n) is 14.1. The summed E-state index contributed by atoms with van der Waals surface area (Å²) in [6.07, 6.45) is 4.31. The van der Waals surface area contributed by atoms with Gasteiger partial charge in [-0.2, -0.15) is 0 Å². The Morgan fingerprint density at radius 1 is 0.805 bits per heavy atom. The summed E-state index contributed by atoms with van der Waals surface area (Å²) >= 11 is 0. The van der Waals surface area contributed by atoms with E-state index in [-0.39, 0.29) is 25.6 Å². The second-order valence-electron chi connectivity index (χ2n) is 10.2. The van der Waals surface area contributed by atoms with E-state index in [0.717, 1.165) is 59.1 Å². The van der Waals surface area contributed by atoms with Gasteiger partial charge in [-0.15, -0.1) is 0 Å². The molecule has 41 heavy (non-hydrogen) atoms. The number of rotatable bonds is 13. The largest absolute Gasteiger partial charge is 0.491 e. The SMILES string of the molecule is C=C(C)C(=O)OCc1cc(-c2ccc(-c3ccc(-c4ccc(OCCO)cc4)cc3F)cc2)ccc1CCCCC. The number of esters is 1. The van der Waals surface area contributed by atoms with Crippen molar-refractivity contribution < 1.29 is 23.8 Å². The zero-order valence-corrected chi connectivity index (χ0v) is 23.8. The molecule has 0 radical (unpaired) electrons. The highest BCUT2D eigenvalue weighted by Crippen LogP contribution is 2.31. The molecule has 0 aliphatic heterocycles. The molecule has 0 saturated carbocycles. The molecule has 4 aromatic carbocycles. The number of aliphatic hydroxyl groups is 1. The molecule has 5 heteroatoms. The molecule has 4 nitrogen and oxygen atoms in total. The van der Waals surface area contributed by atoms with Gasteiger partial charge in [0.25, 0.3) is 0 Å². The van der Waals surface area contributed by atoms with Crippen LogP contribution in [0.2, 0.25) is 0 Å². The second-order valence-corrected chi connectivity index (χ2v) is 10.2. The first-order valence-corrected chi connectivity index (χ1v) is 14.1. The highest BCUT2D eigenvalue weighted by atomic mass is 19.1. The van der Waals surface area contributed by atoms with Crippen LogP contribution in [0.1, 0.15) is 44.2 Å². The molecule has 212 valence electrons. The highest BCUT2D eigenvalue weighted by Gasteiger charge is 2.12. The Bertz CT molecular complexity index is 1470. The van der Waals surface area contributed by atoms with E-state index in [2.05, 4.69) is 31.7 Å². The quantitative estimate of drug-likeness (QED) is 0.103. The number of hydrogen-bond donors (Lipinski definition) is 1. The molecule has 0 aliphatic rings. The van der Waals surface area contributed by atoms with E-state index in [1.54, 1.807) is 19.1 Å². The van der Waals surface area contributed by atoms with Gasteiger partial charge < -0.3 is 14.6 Å². The Balaban J connectivity index is 1.52. The number of aliphatic hydroxyl groups excluding tert-OH is 1. The Morgan fingerprint density at radius 3 is 2.05 bits per heavy atom. The topological polar surface area (TPSA) is 55.8 Å². The van der Waals surface area contributed by atoms with E-state index in [1.807, 2.05) is 54.6 Å². The predicted octanol–water partition coefficient (Wildman–Crippen LogP) is 8.55. The number of aryl methyl sites for hydroxylation is 1. The zero-order chi connectivity index (χ0) is 29.2. The Hall–Kier alpha value is -4.22. The van der Waals surface area contributed by atoms with Gasteiger partial charge in [0.15, 0.2) is 0 Å². The molecule has 0 bridgehead atoms. The number of halogens is 1. The van der Waals surface area contributed by atoms with Crippen LogP contribution in [0.5, 0.6) is 5.75 Å². The van der Waals surface area contributed by atoms with Crippen molar-refractivity contribution in [3.05, 3.63) is 114 Å². The first-order chi connectivity index (χ1) is 19.9. The first kappa shape index (κ1) is 29.8. The molecule has 0 atom stereocenters. The van der Waals surface area contributed by atoms with Crippen molar-refractivity contribution >= 4 is 5.97 Å². The smallest absolute Gasteiger partial charge is 0.333 e. The highest BCUT2D eigenvalue weighted by molar-refractivity contribution is 5.87. The molecule has 0 amide bonds. The molecular formula is C36H37FO4. The second kappa shape index (κ2) is 14.4. The average molecular weight is 553 g/mol. The van der Waals surface area contributed by atoms with Gasteiger partial charge in [-0.1, -0.05) is 87.0 Å². The summed E-state index contributed by atoms with van der Waals surface area (Å²) in [6, 6.07) is 26.7. The minimum Gasteiger partial charge on any atom is -0.491 e. The van der Waals surface area contributed by atoms with Crippen LogP contribution in [0.25, 0.3) is 33.4 Å². The Kier molecular flexibility index (Phi) is 10.5. The summed E-state index contributed by atoms with van der Waals surface area (Å²) < 4.78 is 26.1. The van der Waals surface area contributed by atoms with Crippen molar-refractivity contribution in [2.24, 2.45) is 0 Å². The summed E-state index contributed by atoms with van der Waals surface area (Å²) in [4.78, 5) is 12.0. The fraction of sp³-hybridized carbons (Fsp3) is 0.250. The van der Waals surface area contributed by atoms with Crippen molar-refractivity contribution in [2.45, 2.75) is 46.1 Å². The maximum Gasteiger partial charge on any atom is 0.333 e. The van der Waals surface area contributed by atoms with Crippen LogP contribution in [0.15, 0.2) is 97.1 Å². The third-order valence-corrected chi connectivity index (χ3v) is 7.01. The van der Waals surface area contributed by atoms with Crippen LogP contribution >= 0.6 is 0 Å². The lowest BCUT2D eigenvalue weighted by atomic mass is 9.94. The van der Waals surface area contributed by atoms with Gasteiger partial charge in [-0.25, -0.2) is 9.18 Å². The molecule has 4 rings (SSSR count). The summed E-state index contributed by atoms with van der Waals surface area (Å²) in [5.41, 5.74) is 7.54. The number of benzene rings is 4. The zero-order valence-electron chi connectivity index (χ0n) is 23.8. The third kappa shape index (κ3) is 7.92. The third-order valence-electron chi connectivity index (χ3n) is 7.01. The van der Waals surface area contributed by atoms with Crippen molar-refractivity contribution in [1.29, 1.82) is 0 Å². The van der Waals surface area contributed by atoms with Crippen molar-refractivity contribution in [1.82, 2.24) is 0 Å². The number of carbonyl (C=O) groups is 1. The van der Waals surface area contributed by atoms with Gasteiger partial charge in [-0.05, 0) is 83.0 Å². The maximum atomic E-state index is 15.2. The van der Waals surface area contributed by atoms with Crippen molar-refractivity contribution in [3.8, 4) is 39.1 Å². The number of unbranched alkanes of at least 4 members (excludes halogenated alkanes) is 2. The van der Waals surface area contributed by atoms with Gasteiger partial charge in [0, 0.05) is 11.1 Å². The van der Waals surface area contributed by atoms with Crippen LogP contribution in [-0.4, -0.2) is 24.3 Å². The molecule has 0 unspecified atom stereocenters. The molecule has 0 spiro atoms. The van der Waals surface area contributed by atoms with E-state index in [4.69, 9.17) is 14.6 Å². The molecule has 1 N–H and O–H groups in total. The number of carbonyl (C=O) groups excluding carboxylic acids is 1. The maximum absolute atomic E-state index is 15.2. The summed E-state index contributed by atoms with van der Waals surface area (Å²) in [6.45, 7) is 7.89. The van der Waals surface area contributed by atoms with Gasteiger partial charge in [-0.3, -0.25) is 0 Å². The normalized spacial score (nSPS) is 10.8. The van der Waals surface area contributed by atoms with Crippen LogP contribution < -0.4 is 4.74 Å². The standard InChI is InChI=1S/C36H37FO4/c1-4-5-6-7-26-10-13-30(22-32(26)24-41-36(39)25(2)3)27-8-11-29(12-9-27)34-19-16-31(23-35(34)37)28-14-17-33(18-15-28)40-21-20-38/h8-19,22-23,38H,2,4-7,20-21,24H2,1,3H3. The van der Waals surface area contributed by atoms with E-state index >= 15 is 4.39 Å². The van der Waals surface area contributed by atoms with Gasteiger partial charge in [0.1, 0.15) is 24.8 Å². The lowest BCUT2D eigenvalue weighted by Gasteiger charge is -2.14. The Labute approximate surface area is 242 Å². The van der Waals surface area contributed by atoms with Gasteiger partial charge in [0.2, 0.25) is 0 Å². The lowest BCUT2D eigenvalue weighted by Crippen LogP contribution is -2.07. The van der Waals surface area contributed by atoms with Crippen LogP contribution in [0.3, 0.4) is 0 Å². The minimum absolute atomic E-state index is 0.0468. The Morgan fingerprint density at radius 2 is 1.41 bits per heavy atom. The fourth-order valence-corrected chi connectivity index (χ4v) is 4.69. The van der Waals surface area contributed by atoms with E-state index in [0.29, 0.717) is 16.9 Å². The van der Waals surface area contributed by atoms with Crippen molar-refractivity contribution in [3.63, 3.8) is 0 Å². The van der Waals surface area contributed by atoms with E-state index < -0.39 is 5.97 Å². The predicted molar refractivity (Wildman–Crippen MR) is 163 cm³/mol. The van der Waals surface area contributed by atoms with Crippen LogP contribution in [0, 0.1) is 5.82 Å². The fourth-order valence-electron chi connectivity index (χ4n) is 4.69. The average Bonchev–Trinajstić information content (AvgIpc) is 2.99. The van der Waals surface area contributed by atoms with E-state index in [9.17, 15) is 4.79 Å². The molecule has 0 heterocycles. The monoisotopic (exact) mass is 552 g/mol. The lowest BCUT2D eigenvalue weighted by molar-refractivity contribution is -0.140. The van der Waals surface area contributed by atoms with Crippen LogP contribution in [0.4, 0.5) is 4.39 Å². The molecule has 0 saturated heterocycles. The minimum atomic E-state index is -0.392. The molecule has 4 aromatic rings. The molecule has 0 aromatic heterocycles. The van der Waals surface area contributed by atoms with E-state index in [1.165, 1.54) is 5.56 Å². The van der Waals surface area contributed by atoms with Gasteiger partial charge in [0.05, 0.1) is 6.61 Å². The number of hydrogen-bond acceptors (Lipinski definition) is 4. The summed E-state index contributed by atoms with van der Waals surface area (Å²) in [7, 11) is 0. The molecular weight excluding hydrogens is 515 g/mol. The summed E-state index contributed by atoms with van der Waals surface area (Å²) in [5.74, 6) is -0.0311. The van der Waals surface area contributed by atoms with Crippen molar-refractivity contribution in [2.75, 3.05) is 13.2 Å². The number of ether oxygens (including phenoxy) is 2. The summed E-state index contributed by atoms with van der Waals surface area (Å²) in [5, 5.41) is 8.91. The van der Waals surface area contributed by atoms with Crippen LogP contribution in [-0.2, 0) is 22.6 Å².